The monoisotopic (exact) mass is 248 g/mol. The molecule has 5 unspecified atom stereocenters. The Morgan fingerprint density at radius 1 is 1.39 bits per heavy atom. The van der Waals surface area contributed by atoms with Gasteiger partial charge in [0, 0.05) is 19.0 Å². The minimum absolute atomic E-state index is 0.270. The van der Waals surface area contributed by atoms with Crippen molar-refractivity contribution in [2.45, 2.75) is 26.2 Å². The summed E-state index contributed by atoms with van der Waals surface area (Å²) in [5.74, 6) is 3.04. The van der Waals surface area contributed by atoms with Crippen LogP contribution in [0.25, 0.3) is 0 Å². The number of nitrogens with two attached hydrogens (primary N) is 1. The predicted octanol–water partition coefficient (Wildman–Crippen LogP) is 1.64. The van der Waals surface area contributed by atoms with Crippen LogP contribution in [0.1, 0.15) is 26.2 Å². The number of hydrogen-bond acceptors (Lipinski definition) is 2. The molecule has 2 aliphatic carbocycles. The Morgan fingerprint density at radius 2 is 2.22 bits per heavy atom. The summed E-state index contributed by atoms with van der Waals surface area (Å²) in [5.41, 5.74) is 5.82. The molecule has 2 bridgehead atoms. The van der Waals surface area contributed by atoms with Crippen LogP contribution in [0.3, 0.4) is 0 Å². The summed E-state index contributed by atoms with van der Waals surface area (Å²) in [6, 6.07) is 0. The average Bonchev–Trinajstić information content (AvgIpc) is 3.00. The predicted molar refractivity (Wildman–Crippen MR) is 71.7 cm³/mol. The lowest BCUT2D eigenvalue weighted by molar-refractivity contribution is -0.138. The van der Waals surface area contributed by atoms with Gasteiger partial charge in [-0.05, 0) is 49.5 Å². The van der Waals surface area contributed by atoms with E-state index in [-0.39, 0.29) is 5.92 Å². The molecular formula is C15H24N2O. The van der Waals surface area contributed by atoms with Crippen molar-refractivity contribution in [3.8, 4) is 0 Å². The number of piperidine rings is 1. The standard InChI is InChI=1S/C15H24N2O/c1-10-4-5-17(9-13(10)8-16)15(18)14-7-11-2-3-12(14)6-11/h2-3,10-14H,4-9,16H2,1H3. The molecule has 3 nitrogen and oxygen atoms in total. The first-order chi connectivity index (χ1) is 8.69. The third-order valence-corrected chi connectivity index (χ3v) is 5.32. The van der Waals surface area contributed by atoms with Gasteiger partial charge < -0.3 is 10.6 Å². The highest BCUT2D eigenvalue weighted by molar-refractivity contribution is 5.80. The van der Waals surface area contributed by atoms with E-state index in [0.717, 1.165) is 25.9 Å². The first-order valence-electron chi connectivity index (χ1n) is 7.36. The fourth-order valence-corrected chi connectivity index (χ4v) is 3.96. The Bertz CT molecular complexity index is 366. The molecular weight excluding hydrogens is 224 g/mol. The first-order valence-corrected chi connectivity index (χ1v) is 7.36. The normalized spacial score (nSPS) is 42.6. The SMILES string of the molecule is CC1CCN(C(=O)C2CC3C=CC2C3)CC1CN. The van der Waals surface area contributed by atoms with E-state index in [9.17, 15) is 4.79 Å². The lowest BCUT2D eigenvalue weighted by Crippen LogP contribution is -2.48. The molecule has 18 heavy (non-hydrogen) atoms. The molecule has 0 radical (unpaired) electrons. The molecule has 0 aromatic rings. The number of amides is 1. The summed E-state index contributed by atoms with van der Waals surface area (Å²) in [7, 11) is 0. The highest BCUT2D eigenvalue weighted by atomic mass is 16.2. The van der Waals surface area contributed by atoms with Crippen molar-refractivity contribution in [1.82, 2.24) is 4.90 Å². The van der Waals surface area contributed by atoms with Gasteiger partial charge in [0.05, 0.1) is 0 Å². The van der Waals surface area contributed by atoms with Crippen LogP contribution in [0.5, 0.6) is 0 Å². The van der Waals surface area contributed by atoms with Gasteiger partial charge in [-0.15, -0.1) is 0 Å². The number of nitrogens with zero attached hydrogens (tertiary/aromatic N) is 1. The number of fused-ring (bicyclic) bond motifs is 2. The Hall–Kier alpha value is -0.830. The van der Waals surface area contributed by atoms with Crippen LogP contribution >= 0.6 is 0 Å². The molecule has 2 N–H and O–H groups in total. The zero-order chi connectivity index (χ0) is 12.7. The summed E-state index contributed by atoms with van der Waals surface area (Å²) in [6.07, 6.45) is 7.98. The quantitative estimate of drug-likeness (QED) is 0.755. The van der Waals surface area contributed by atoms with Gasteiger partial charge in [-0.2, -0.15) is 0 Å². The van der Waals surface area contributed by atoms with Crippen molar-refractivity contribution in [2.75, 3.05) is 19.6 Å². The molecule has 0 aromatic carbocycles. The summed E-state index contributed by atoms with van der Waals surface area (Å²) in [6.45, 7) is 4.80. The summed E-state index contributed by atoms with van der Waals surface area (Å²) < 4.78 is 0. The summed E-state index contributed by atoms with van der Waals surface area (Å²) in [5, 5.41) is 0. The van der Waals surface area contributed by atoms with E-state index in [4.69, 9.17) is 5.73 Å². The Balaban J connectivity index is 1.64. The van der Waals surface area contributed by atoms with E-state index in [1.807, 2.05) is 0 Å². The molecule has 3 rings (SSSR count). The van der Waals surface area contributed by atoms with Crippen LogP contribution < -0.4 is 5.73 Å². The number of allylic oxidation sites excluding steroid dienone is 2. The zero-order valence-electron chi connectivity index (χ0n) is 11.2. The topological polar surface area (TPSA) is 46.3 Å². The molecule has 1 saturated heterocycles. The zero-order valence-corrected chi connectivity index (χ0v) is 11.2. The van der Waals surface area contributed by atoms with Gasteiger partial charge in [0.15, 0.2) is 0 Å². The van der Waals surface area contributed by atoms with E-state index < -0.39 is 0 Å². The average molecular weight is 248 g/mol. The highest BCUT2D eigenvalue weighted by Crippen LogP contribution is 2.44. The lowest BCUT2D eigenvalue weighted by Gasteiger charge is -2.38. The molecule has 5 atom stereocenters. The minimum Gasteiger partial charge on any atom is -0.342 e. The summed E-state index contributed by atoms with van der Waals surface area (Å²) >= 11 is 0. The van der Waals surface area contributed by atoms with Crippen LogP contribution in [0, 0.1) is 29.6 Å². The fraction of sp³-hybridized carbons (Fsp3) is 0.800. The van der Waals surface area contributed by atoms with Gasteiger partial charge in [0.1, 0.15) is 0 Å². The second-order valence-electron chi connectivity index (χ2n) is 6.43. The Morgan fingerprint density at radius 3 is 2.83 bits per heavy atom. The van der Waals surface area contributed by atoms with Crippen LogP contribution in [-0.2, 0) is 4.79 Å². The maximum atomic E-state index is 12.6. The van der Waals surface area contributed by atoms with E-state index in [2.05, 4.69) is 24.0 Å². The van der Waals surface area contributed by atoms with Crippen molar-refractivity contribution >= 4 is 5.91 Å². The highest BCUT2D eigenvalue weighted by Gasteiger charge is 2.42. The number of hydrogen-bond donors (Lipinski definition) is 1. The van der Waals surface area contributed by atoms with E-state index in [1.165, 1.54) is 6.42 Å². The Kier molecular flexibility index (Phi) is 3.18. The van der Waals surface area contributed by atoms with Gasteiger partial charge >= 0.3 is 0 Å². The molecule has 1 amide bonds. The largest absolute Gasteiger partial charge is 0.342 e. The molecule has 100 valence electrons. The van der Waals surface area contributed by atoms with E-state index in [0.29, 0.717) is 36.1 Å². The minimum atomic E-state index is 0.270. The van der Waals surface area contributed by atoms with Crippen LogP contribution in [0.4, 0.5) is 0 Å². The third-order valence-electron chi connectivity index (χ3n) is 5.32. The van der Waals surface area contributed by atoms with Gasteiger partial charge in [-0.3, -0.25) is 4.79 Å². The van der Waals surface area contributed by atoms with Crippen molar-refractivity contribution in [1.29, 1.82) is 0 Å². The molecule has 1 heterocycles. The van der Waals surface area contributed by atoms with Gasteiger partial charge in [0.25, 0.3) is 0 Å². The number of carbonyl (C=O) groups is 1. The second-order valence-corrected chi connectivity index (χ2v) is 6.43. The van der Waals surface area contributed by atoms with Gasteiger partial charge in [-0.1, -0.05) is 19.1 Å². The van der Waals surface area contributed by atoms with Crippen molar-refractivity contribution in [3.63, 3.8) is 0 Å². The van der Waals surface area contributed by atoms with E-state index in [1.54, 1.807) is 0 Å². The number of rotatable bonds is 2. The first kappa shape index (κ1) is 12.2. The molecule has 1 saturated carbocycles. The van der Waals surface area contributed by atoms with Gasteiger partial charge in [-0.25, -0.2) is 0 Å². The third kappa shape index (κ3) is 1.99. The van der Waals surface area contributed by atoms with Crippen molar-refractivity contribution in [3.05, 3.63) is 12.2 Å². The molecule has 0 aromatic heterocycles. The van der Waals surface area contributed by atoms with Crippen LogP contribution in [0.15, 0.2) is 12.2 Å². The molecule has 3 heteroatoms. The van der Waals surface area contributed by atoms with E-state index >= 15 is 0 Å². The number of carbonyl (C=O) groups excluding carboxylic acids is 1. The van der Waals surface area contributed by atoms with Crippen molar-refractivity contribution < 1.29 is 4.79 Å². The van der Waals surface area contributed by atoms with Gasteiger partial charge in [0.2, 0.25) is 5.91 Å². The molecule has 3 aliphatic rings. The second kappa shape index (κ2) is 4.69. The molecule has 2 fully saturated rings. The maximum Gasteiger partial charge on any atom is 0.226 e. The van der Waals surface area contributed by atoms with Crippen molar-refractivity contribution in [2.24, 2.45) is 35.3 Å². The summed E-state index contributed by atoms with van der Waals surface area (Å²) in [4.78, 5) is 14.7. The number of likely N-dealkylation sites (tertiary alicyclic amines) is 1. The lowest BCUT2D eigenvalue weighted by atomic mass is 9.85. The smallest absolute Gasteiger partial charge is 0.226 e. The molecule has 0 spiro atoms. The van der Waals surface area contributed by atoms with Crippen LogP contribution in [0.2, 0.25) is 0 Å². The molecule has 1 aliphatic heterocycles. The Labute approximate surface area is 109 Å². The maximum absolute atomic E-state index is 12.6. The fourth-order valence-electron chi connectivity index (χ4n) is 3.96. The van der Waals surface area contributed by atoms with Crippen LogP contribution in [-0.4, -0.2) is 30.4 Å².